The van der Waals surface area contributed by atoms with Crippen molar-refractivity contribution in [1.82, 2.24) is 5.32 Å². The molecule has 0 aliphatic carbocycles. The van der Waals surface area contributed by atoms with E-state index in [0.717, 1.165) is 16.5 Å². The molecule has 0 aliphatic rings. The molecule has 1 amide bonds. The lowest BCUT2D eigenvalue weighted by molar-refractivity contribution is -0.137. The molecule has 21 heavy (non-hydrogen) atoms. The normalized spacial score (nSPS) is 11.5. The van der Waals surface area contributed by atoms with Crippen LogP contribution >= 0.6 is 15.9 Å². The SMILES string of the molecule is C=CCOC(=O)NC(CC(=O)O)c1ccc(CC)c(Br)c1. The van der Waals surface area contributed by atoms with Crippen LogP contribution in [0.25, 0.3) is 0 Å². The zero-order valence-corrected chi connectivity index (χ0v) is 13.4. The Bertz CT molecular complexity index is 530. The Balaban J connectivity index is 2.91. The van der Waals surface area contributed by atoms with Gasteiger partial charge in [0.1, 0.15) is 6.61 Å². The van der Waals surface area contributed by atoms with E-state index in [2.05, 4.69) is 27.8 Å². The smallest absolute Gasteiger partial charge is 0.407 e. The van der Waals surface area contributed by atoms with E-state index >= 15 is 0 Å². The molecule has 0 radical (unpaired) electrons. The number of aliphatic carboxylic acids is 1. The lowest BCUT2D eigenvalue weighted by atomic mass is 10.0. The van der Waals surface area contributed by atoms with Crippen molar-refractivity contribution in [2.75, 3.05) is 6.61 Å². The molecule has 1 rings (SSSR count). The maximum atomic E-state index is 11.6. The van der Waals surface area contributed by atoms with Crippen LogP contribution in [0.2, 0.25) is 0 Å². The van der Waals surface area contributed by atoms with Crippen molar-refractivity contribution in [3.8, 4) is 0 Å². The number of carbonyl (C=O) groups is 2. The topological polar surface area (TPSA) is 75.6 Å². The second kappa shape index (κ2) is 8.46. The van der Waals surface area contributed by atoms with Crippen molar-refractivity contribution in [3.63, 3.8) is 0 Å². The minimum absolute atomic E-state index is 0.0735. The van der Waals surface area contributed by atoms with Crippen LogP contribution < -0.4 is 5.32 Å². The average molecular weight is 356 g/mol. The van der Waals surface area contributed by atoms with E-state index in [-0.39, 0.29) is 13.0 Å². The van der Waals surface area contributed by atoms with E-state index in [4.69, 9.17) is 9.84 Å². The van der Waals surface area contributed by atoms with E-state index in [1.54, 1.807) is 0 Å². The Hall–Kier alpha value is -1.82. The summed E-state index contributed by atoms with van der Waals surface area (Å²) < 4.78 is 5.72. The van der Waals surface area contributed by atoms with Crippen LogP contribution in [0, 0.1) is 0 Å². The summed E-state index contributed by atoms with van der Waals surface area (Å²) in [5.74, 6) is -1.00. The van der Waals surface area contributed by atoms with Crippen LogP contribution in [-0.2, 0) is 16.0 Å². The van der Waals surface area contributed by atoms with E-state index in [9.17, 15) is 9.59 Å². The first-order valence-corrected chi connectivity index (χ1v) is 7.31. The second-order valence-corrected chi connectivity index (χ2v) is 5.24. The van der Waals surface area contributed by atoms with Crippen LogP contribution in [0.4, 0.5) is 4.79 Å². The van der Waals surface area contributed by atoms with E-state index < -0.39 is 18.1 Å². The van der Waals surface area contributed by atoms with Crippen LogP contribution in [0.5, 0.6) is 0 Å². The summed E-state index contributed by atoms with van der Waals surface area (Å²) in [6.45, 7) is 5.54. The number of ether oxygens (including phenoxy) is 1. The van der Waals surface area contributed by atoms with Gasteiger partial charge >= 0.3 is 12.1 Å². The molecule has 1 aromatic carbocycles. The van der Waals surface area contributed by atoms with Gasteiger partial charge in [-0.3, -0.25) is 4.79 Å². The van der Waals surface area contributed by atoms with E-state index in [0.29, 0.717) is 5.56 Å². The van der Waals surface area contributed by atoms with Gasteiger partial charge in [0.15, 0.2) is 0 Å². The van der Waals surface area contributed by atoms with Gasteiger partial charge in [-0.15, -0.1) is 0 Å². The van der Waals surface area contributed by atoms with Gasteiger partial charge in [0.05, 0.1) is 12.5 Å². The molecular weight excluding hydrogens is 338 g/mol. The molecule has 5 nitrogen and oxygen atoms in total. The van der Waals surface area contributed by atoms with Crippen LogP contribution in [0.1, 0.15) is 30.5 Å². The highest BCUT2D eigenvalue weighted by molar-refractivity contribution is 9.10. The Morgan fingerprint density at radius 2 is 2.24 bits per heavy atom. The van der Waals surface area contributed by atoms with Crippen LogP contribution in [0.3, 0.4) is 0 Å². The van der Waals surface area contributed by atoms with Gasteiger partial charge in [0, 0.05) is 4.47 Å². The second-order valence-electron chi connectivity index (χ2n) is 4.39. The monoisotopic (exact) mass is 355 g/mol. The third-order valence-electron chi connectivity index (χ3n) is 2.86. The van der Waals surface area contributed by atoms with Crippen molar-refractivity contribution in [2.45, 2.75) is 25.8 Å². The number of amides is 1. The number of carbonyl (C=O) groups excluding carboxylic acids is 1. The predicted octanol–water partition coefficient (Wildman–Crippen LogP) is 3.44. The molecule has 0 fully saturated rings. The van der Waals surface area contributed by atoms with Gasteiger partial charge in [-0.25, -0.2) is 4.79 Å². The molecule has 6 heteroatoms. The molecule has 0 aromatic heterocycles. The molecule has 1 aromatic rings. The van der Waals surface area contributed by atoms with Gasteiger partial charge < -0.3 is 15.2 Å². The number of nitrogens with one attached hydrogen (secondary N) is 1. The molecule has 1 atom stereocenters. The molecule has 114 valence electrons. The van der Waals surface area contributed by atoms with Crippen molar-refractivity contribution < 1.29 is 19.4 Å². The number of aryl methyl sites for hydroxylation is 1. The fraction of sp³-hybridized carbons (Fsp3) is 0.333. The zero-order valence-electron chi connectivity index (χ0n) is 11.8. The summed E-state index contributed by atoms with van der Waals surface area (Å²) in [4.78, 5) is 22.6. The third kappa shape index (κ3) is 5.59. The number of carboxylic acid groups (broad SMARTS) is 1. The molecule has 0 aliphatic heterocycles. The van der Waals surface area contributed by atoms with Gasteiger partial charge in [0.2, 0.25) is 0 Å². The quantitative estimate of drug-likeness (QED) is 0.734. The lowest BCUT2D eigenvalue weighted by Crippen LogP contribution is -2.30. The number of hydrogen-bond donors (Lipinski definition) is 2. The first-order chi connectivity index (χ1) is 9.97. The molecule has 2 N–H and O–H groups in total. The Morgan fingerprint density at radius 1 is 1.52 bits per heavy atom. The van der Waals surface area contributed by atoms with Crippen LogP contribution in [-0.4, -0.2) is 23.8 Å². The fourth-order valence-electron chi connectivity index (χ4n) is 1.81. The molecule has 0 heterocycles. The summed E-state index contributed by atoms with van der Waals surface area (Å²) in [5.41, 5.74) is 1.82. The fourth-order valence-corrected chi connectivity index (χ4v) is 2.49. The van der Waals surface area contributed by atoms with Crippen molar-refractivity contribution in [1.29, 1.82) is 0 Å². The summed E-state index contributed by atoms with van der Waals surface area (Å²) in [6.07, 6.45) is 1.41. The standard InChI is InChI=1S/C15H18BrNO4/c1-3-7-21-15(20)17-13(9-14(18)19)11-6-5-10(4-2)12(16)8-11/h3,5-6,8,13H,1,4,7,9H2,2H3,(H,17,20)(H,18,19). The number of hydrogen-bond acceptors (Lipinski definition) is 3. The summed E-state index contributed by atoms with van der Waals surface area (Å²) in [6, 6.07) is 4.89. The molecule has 0 saturated carbocycles. The Kier molecular flexibility index (Phi) is 6.94. The first kappa shape index (κ1) is 17.2. The Labute approximate surface area is 132 Å². The van der Waals surface area contributed by atoms with Crippen molar-refractivity contribution >= 4 is 28.0 Å². The lowest BCUT2D eigenvalue weighted by Gasteiger charge is -2.18. The van der Waals surface area contributed by atoms with Gasteiger partial charge in [0.25, 0.3) is 0 Å². The molecule has 0 saturated heterocycles. The zero-order chi connectivity index (χ0) is 15.8. The van der Waals surface area contributed by atoms with E-state index in [1.807, 2.05) is 25.1 Å². The van der Waals surface area contributed by atoms with Crippen LogP contribution in [0.15, 0.2) is 35.3 Å². The number of halogens is 1. The maximum absolute atomic E-state index is 11.6. The first-order valence-electron chi connectivity index (χ1n) is 6.52. The molecule has 0 spiro atoms. The molecular formula is C15H18BrNO4. The predicted molar refractivity (Wildman–Crippen MR) is 83.2 cm³/mol. The minimum Gasteiger partial charge on any atom is -0.481 e. The highest BCUT2D eigenvalue weighted by Crippen LogP contribution is 2.25. The average Bonchev–Trinajstić information content (AvgIpc) is 2.43. The largest absolute Gasteiger partial charge is 0.481 e. The highest BCUT2D eigenvalue weighted by atomic mass is 79.9. The molecule has 0 bridgehead atoms. The van der Waals surface area contributed by atoms with Gasteiger partial charge in [-0.05, 0) is 23.6 Å². The number of carboxylic acids is 1. The summed E-state index contributed by atoms with van der Waals surface area (Å²) in [5, 5.41) is 11.5. The van der Waals surface area contributed by atoms with Gasteiger partial charge in [-0.2, -0.15) is 0 Å². The number of alkyl carbamates (subject to hydrolysis) is 1. The highest BCUT2D eigenvalue weighted by Gasteiger charge is 2.19. The summed E-state index contributed by atoms with van der Waals surface area (Å²) >= 11 is 3.45. The third-order valence-corrected chi connectivity index (χ3v) is 3.60. The van der Waals surface area contributed by atoms with E-state index in [1.165, 1.54) is 6.08 Å². The number of rotatable bonds is 7. The van der Waals surface area contributed by atoms with Crippen molar-refractivity contribution in [3.05, 3.63) is 46.5 Å². The number of benzene rings is 1. The summed E-state index contributed by atoms with van der Waals surface area (Å²) in [7, 11) is 0. The van der Waals surface area contributed by atoms with Gasteiger partial charge in [-0.1, -0.05) is 47.6 Å². The Morgan fingerprint density at radius 3 is 2.76 bits per heavy atom. The van der Waals surface area contributed by atoms with Crippen molar-refractivity contribution in [2.24, 2.45) is 0 Å². The maximum Gasteiger partial charge on any atom is 0.407 e. The minimum atomic E-state index is -1.00. The molecule has 1 unspecified atom stereocenters.